The van der Waals surface area contributed by atoms with E-state index in [9.17, 15) is 13.2 Å². The molecule has 0 bridgehead atoms. The van der Waals surface area contributed by atoms with Crippen molar-refractivity contribution in [2.75, 3.05) is 19.8 Å². The summed E-state index contributed by atoms with van der Waals surface area (Å²) in [7, 11) is 0. The summed E-state index contributed by atoms with van der Waals surface area (Å²) in [6.45, 7) is 8.82. The van der Waals surface area contributed by atoms with Gasteiger partial charge in [-0.1, -0.05) is 6.07 Å². The van der Waals surface area contributed by atoms with Gasteiger partial charge in [0.1, 0.15) is 11.4 Å². The van der Waals surface area contributed by atoms with Crippen molar-refractivity contribution in [2.45, 2.75) is 52.4 Å². The molecule has 156 valence electrons. The monoisotopic (exact) mass is 503 g/mol. The molecule has 9 heteroatoms. The molecule has 3 N–H and O–H groups in total. The van der Waals surface area contributed by atoms with Crippen LogP contribution in [0.25, 0.3) is 0 Å². The number of hydrogen-bond acceptors (Lipinski definition) is 3. The molecule has 0 saturated carbocycles. The summed E-state index contributed by atoms with van der Waals surface area (Å²) in [4.78, 5) is 3.99. The largest absolute Gasteiger partial charge is 0.488 e. The molecule has 0 aliphatic carbocycles. The third-order valence-electron chi connectivity index (χ3n) is 3.21. The van der Waals surface area contributed by atoms with Gasteiger partial charge < -0.3 is 20.5 Å². The highest BCUT2D eigenvalue weighted by atomic mass is 127. The summed E-state index contributed by atoms with van der Waals surface area (Å²) in [6, 6.07) is 3.88. The van der Waals surface area contributed by atoms with Crippen molar-refractivity contribution in [3.05, 3.63) is 29.3 Å². The predicted octanol–water partition coefficient (Wildman–Crippen LogP) is 4.33. The molecule has 1 aromatic rings. The number of ether oxygens (including phenoxy) is 2. The summed E-state index contributed by atoms with van der Waals surface area (Å²) in [6.07, 6.45) is -3.77. The number of nitrogens with zero attached hydrogens (tertiary/aromatic N) is 1. The van der Waals surface area contributed by atoms with E-state index >= 15 is 0 Å². The maximum atomic E-state index is 13.3. The number of halogens is 4. The Bertz CT molecular complexity index is 602. The molecule has 0 amide bonds. The quantitative estimate of drug-likeness (QED) is 0.240. The van der Waals surface area contributed by atoms with Crippen LogP contribution < -0.4 is 15.8 Å². The standard InChI is InChI=1S/C18H28F3N3O2.HI/c1-5-25-10-6-9-23-16(22)24-12-13-7-8-14(26-17(2,3)4)11-15(13)18(19,20)21;/h7-8,11H,5-6,9-10,12H2,1-4H3,(H3,22,23,24);1H. The lowest BCUT2D eigenvalue weighted by atomic mass is 10.1. The van der Waals surface area contributed by atoms with Crippen molar-refractivity contribution < 1.29 is 22.6 Å². The Labute approximate surface area is 175 Å². The highest BCUT2D eigenvalue weighted by Crippen LogP contribution is 2.35. The average molecular weight is 503 g/mol. The molecule has 0 heterocycles. The van der Waals surface area contributed by atoms with E-state index in [4.69, 9.17) is 15.2 Å². The van der Waals surface area contributed by atoms with Crippen molar-refractivity contribution in [1.82, 2.24) is 5.32 Å². The molecule has 0 aromatic heterocycles. The van der Waals surface area contributed by atoms with Crippen molar-refractivity contribution in [1.29, 1.82) is 0 Å². The fourth-order valence-corrected chi connectivity index (χ4v) is 2.14. The van der Waals surface area contributed by atoms with Crippen molar-refractivity contribution >= 4 is 29.9 Å². The molecule has 0 aliphatic heterocycles. The Kier molecular flexibility index (Phi) is 11.0. The Morgan fingerprint density at radius 2 is 1.89 bits per heavy atom. The molecule has 0 fully saturated rings. The van der Waals surface area contributed by atoms with E-state index in [0.29, 0.717) is 19.8 Å². The van der Waals surface area contributed by atoms with Crippen LogP contribution in [0.4, 0.5) is 13.2 Å². The number of nitrogens with two attached hydrogens (primary N) is 1. The maximum Gasteiger partial charge on any atom is 0.416 e. The Morgan fingerprint density at radius 3 is 2.44 bits per heavy atom. The first kappa shape index (κ1) is 25.8. The van der Waals surface area contributed by atoms with Gasteiger partial charge in [0.15, 0.2) is 5.96 Å². The molecule has 0 saturated heterocycles. The van der Waals surface area contributed by atoms with Crippen LogP contribution >= 0.6 is 24.0 Å². The number of nitrogens with one attached hydrogen (secondary N) is 1. The van der Waals surface area contributed by atoms with Crippen LogP contribution in [-0.4, -0.2) is 31.3 Å². The lowest BCUT2D eigenvalue weighted by Gasteiger charge is -2.22. The normalized spacial score (nSPS) is 12.5. The van der Waals surface area contributed by atoms with Crippen LogP contribution in [0, 0.1) is 0 Å². The van der Waals surface area contributed by atoms with Gasteiger partial charge in [-0.05, 0) is 51.8 Å². The van der Waals surface area contributed by atoms with Gasteiger partial charge in [-0.15, -0.1) is 24.0 Å². The van der Waals surface area contributed by atoms with E-state index < -0.39 is 17.3 Å². The minimum Gasteiger partial charge on any atom is -0.488 e. The number of guanidine groups is 1. The van der Waals surface area contributed by atoms with E-state index in [1.165, 1.54) is 12.1 Å². The van der Waals surface area contributed by atoms with Gasteiger partial charge in [0, 0.05) is 19.8 Å². The smallest absolute Gasteiger partial charge is 0.416 e. The second-order valence-electron chi connectivity index (χ2n) is 6.71. The topological polar surface area (TPSA) is 68.9 Å². The maximum absolute atomic E-state index is 13.3. The third-order valence-corrected chi connectivity index (χ3v) is 3.21. The number of aliphatic imine (C=N–C) groups is 1. The van der Waals surface area contributed by atoms with E-state index in [1.54, 1.807) is 20.8 Å². The SMILES string of the molecule is CCOCCCNC(N)=NCc1ccc(OC(C)(C)C)cc1C(F)(F)F.I. The minimum atomic E-state index is -4.50. The van der Waals surface area contributed by atoms with Gasteiger partial charge >= 0.3 is 6.18 Å². The molecule has 5 nitrogen and oxygen atoms in total. The van der Waals surface area contributed by atoms with E-state index in [2.05, 4.69) is 10.3 Å². The van der Waals surface area contributed by atoms with Crippen LogP contribution in [0.1, 0.15) is 45.2 Å². The number of rotatable bonds is 8. The molecule has 0 spiro atoms. The van der Waals surface area contributed by atoms with Gasteiger partial charge in [0.25, 0.3) is 0 Å². The highest BCUT2D eigenvalue weighted by Gasteiger charge is 2.34. The molecule has 0 aliphatic rings. The zero-order valence-corrected chi connectivity index (χ0v) is 18.5. The third kappa shape index (κ3) is 10.6. The first-order valence-corrected chi connectivity index (χ1v) is 8.53. The van der Waals surface area contributed by atoms with Crippen molar-refractivity contribution in [3.63, 3.8) is 0 Å². The molecule has 27 heavy (non-hydrogen) atoms. The molecule has 1 aromatic carbocycles. The van der Waals surface area contributed by atoms with Gasteiger partial charge in [0.05, 0.1) is 12.1 Å². The zero-order chi connectivity index (χ0) is 19.8. The molecule has 0 unspecified atom stereocenters. The summed E-state index contributed by atoms with van der Waals surface area (Å²) in [5.41, 5.74) is 4.38. The van der Waals surface area contributed by atoms with E-state index in [0.717, 1.165) is 12.5 Å². The first-order chi connectivity index (χ1) is 12.0. The minimum absolute atomic E-state index is 0. The molecule has 0 radical (unpaired) electrons. The Hall–Kier alpha value is -1.23. The molecular weight excluding hydrogens is 474 g/mol. The lowest BCUT2D eigenvalue weighted by Crippen LogP contribution is -2.33. The summed E-state index contributed by atoms with van der Waals surface area (Å²) in [5.74, 6) is 0.268. The first-order valence-electron chi connectivity index (χ1n) is 8.53. The number of hydrogen-bond donors (Lipinski definition) is 2. The summed E-state index contributed by atoms with van der Waals surface area (Å²) in [5, 5.41) is 2.85. The van der Waals surface area contributed by atoms with Crippen LogP contribution in [0.2, 0.25) is 0 Å². The second kappa shape index (κ2) is 11.6. The fourth-order valence-electron chi connectivity index (χ4n) is 2.14. The van der Waals surface area contributed by atoms with E-state index in [1.807, 2.05) is 6.92 Å². The summed E-state index contributed by atoms with van der Waals surface area (Å²) >= 11 is 0. The summed E-state index contributed by atoms with van der Waals surface area (Å²) < 4.78 is 50.7. The Balaban J connectivity index is 0.00000676. The lowest BCUT2D eigenvalue weighted by molar-refractivity contribution is -0.138. The average Bonchev–Trinajstić information content (AvgIpc) is 2.51. The number of alkyl halides is 3. The van der Waals surface area contributed by atoms with Crippen LogP contribution in [0.5, 0.6) is 5.75 Å². The van der Waals surface area contributed by atoms with Gasteiger partial charge in [0.2, 0.25) is 0 Å². The van der Waals surface area contributed by atoms with Crippen LogP contribution in [-0.2, 0) is 17.5 Å². The number of benzene rings is 1. The molecule has 1 rings (SSSR count). The molecule has 0 atom stereocenters. The van der Waals surface area contributed by atoms with E-state index in [-0.39, 0.29) is 47.8 Å². The van der Waals surface area contributed by atoms with Crippen molar-refractivity contribution in [2.24, 2.45) is 10.7 Å². The van der Waals surface area contributed by atoms with Gasteiger partial charge in [-0.2, -0.15) is 13.2 Å². The van der Waals surface area contributed by atoms with Gasteiger partial charge in [-0.25, -0.2) is 4.99 Å². The second-order valence-corrected chi connectivity index (χ2v) is 6.71. The fraction of sp³-hybridized carbons (Fsp3) is 0.611. The zero-order valence-electron chi connectivity index (χ0n) is 16.2. The highest BCUT2D eigenvalue weighted by molar-refractivity contribution is 14.0. The van der Waals surface area contributed by atoms with Gasteiger partial charge in [-0.3, -0.25) is 0 Å². The van der Waals surface area contributed by atoms with Crippen molar-refractivity contribution in [3.8, 4) is 5.75 Å². The van der Waals surface area contributed by atoms with Crippen LogP contribution in [0.15, 0.2) is 23.2 Å². The van der Waals surface area contributed by atoms with Crippen LogP contribution in [0.3, 0.4) is 0 Å². The predicted molar refractivity (Wildman–Crippen MR) is 112 cm³/mol. The Morgan fingerprint density at radius 1 is 1.22 bits per heavy atom. The molecular formula is C18H29F3IN3O2.